The molecule has 0 fully saturated rings. The Labute approximate surface area is 107 Å². The molecule has 4 heteroatoms. The summed E-state index contributed by atoms with van der Waals surface area (Å²) in [6.07, 6.45) is 0. The van der Waals surface area contributed by atoms with Crippen molar-refractivity contribution < 1.29 is 5.11 Å². The number of hydrogen-bond acceptors (Lipinski definition) is 2. The molecule has 0 atom stereocenters. The van der Waals surface area contributed by atoms with E-state index in [2.05, 4.69) is 0 Å². The lowest BCUT2D eigenvalue weighted by Crippen LogP contribution is -2.43. The average Bonchev–Trinajstić information content (AvgIpc) is 2.23. The standard InChI is InChI=1S/C12H17Cl2NO/c1-12(2,8-16)15(3)7-9-6-10(13)4-5-11(9)14/h4-6,16H,7-8H2,1-3H3. The molecular weight excluding hydrogens is 245 g/mol. The normalized spacial score (nSPS) is 12.2. The van der Waals surface area contributed by atoms with Crippen LogP contribution >= 0.6 is 23.2 Å². The minimum atomic E-state index is -0.272. The van der Waals surface area contributed by atoms with Gasteiger partial charge < -0.3 is 5.11 Å². The maximum absolute atomic E-state index is 9.27. The van der Waals surface area contributed by atoms with Gasteiger partial charge in [-0.05, 0) is 44.7 Å². The van der Waals surface area contributed by atoms with Crippen LogP contribution in [0.5, 0.6) is 0 Å². The van der Waals surface area contributed by atoms with Gasteiger partial charge >= 0.3 is 0 Å². The van der Waals surface area contributed by atoms with E-state index in [9.17, 15) is 5.11 Å². The third kappa shape index (κ3) is 3.36. The Balaban J connectivity index is 2.84. The zero-order chi connectivity index (χ0) is 12.3. The third-order valence-electron chi connectivity index (χ3n) is 2.84. The quantitative estimate of drug-likeness (QED) is 0.900. The maximum atomic E-state index is 9.27. The van der Waals surface area contributed by atoms with Gasteiger partial charge in [-0.15, -0.1) is 0 Å². The summed E-state index contributed by atoms with van der Waals surface area (Å²) in [7, 11) is 1.95. The number of rotatable bonds is 4. The van der Waals surface area contributed by atoms with Crippen molar-refractivity contribution in [3.8, 4) is 0 Å². The second kappa shape index (κ2) is 5.37. The fourth-order valence-corrected chi connectivity index (χ4v) is 1.63. The number of nitrogens with zero attached hydrogens (tertiary/aromatic N) is 1. The summed E-state index contributed by atoms with van der Waals surface area (Å²) in [5.74, 6) is 0. The lowest BCUT2D eigenvalue weighted by atomic mass is 10.0. The maximum Gasteiger partial charge on any atom is 0.0610 e. The molecule has 1 rings (SSSR count). The summed E-state index contributed by atoms with van der Waals surface area (Å²) in [5.41, 5.74) is 0.698. The summed E-state index contributed by atoms with van der Waals surface area (Å²) < 4.78 is 0. The molecule has 0 aliphatic heterocycles. The molecule has 1 aromatic carbocycles. The first kappa shape index (κ1) is 13.8. The Hall–Kier alpha value is -0.280. The van der Waals surface area contributed by atoms with Gasteiger partial charge in [0.1, 0.15) is 0 Å². The van der Waals surface area contributed by atoms with Crippen molar-refractivity contribution in [2.24, 2.45) is 0 Å². The van der Waals surface area contributed by atoms with E-state index >= 15 is 0 Å². The molecule has 0 aliphatic rings. The number of likely N-dealkylation sites (N-methyl/N-ethyl adjacent to an activating group) is 1. The summed E-state index contributed by atoms with van der Waals surface area (Å²) in [6, 6.07) is 5.41. The minimum absolute atomic E-state index is 0.0989. The average molecular weight is 262 g/mol. The van der Waals surface area contributed by atoms with Gasteiger partial charge in [0, 0.05) is 22.1 Å². The predicted octanol–water partition coefficient (Wildman–Crippen LogP) is 3.20. The SMILES string of the molecule is CN(Cc1cc(Cl)ccc1Cl)C(C)(C)CO. The van der Waals surface area contributed by atoms with Crippen LogP contribution in [0.4, 0.5) is 0 Å². The Morgan fingerprint density at radius 3 is 2.50 bits per heavy atom. The fraction of sp³-hybridized carbons (Fsp3) is 0.500. The minimum Gasteiger partial charge on any atom is -0.394 e. The van der Waals surface area contributed by atoms with Gasteiger partial charge in [0.2, 0.25) is 0 Å². The summed E-state index contributed by atoms with van der Waals surface area (Å²) in [5, 5.41) is 10.6. The zero-order valence-electron chi connectivity index (χ0n) is 9.80. The molecule has 90 valence electrons. The molecule has 1 aromatic rings. The van der Waals surface area contributed by atoms with Crippen LogP contribution in [0.2, 0.25) is 10.0 Å². The first-order chi connectivity index (χ1) is 7.36. The Morgan fingerprint density at radius 2 is 1.94 bits per heavy atom. The van der Waals surface area contributed by atoms with Crippen LogP contribution in [-0.4, -0.2) is 29.2 Å². The van der Waals surface area contributed by atoms with Crippen LogP contribution in [0, 0.1) is 0 Å². The van der Waals surface area contributed by atoms with E-state index in [1.165, 1.54) is 0 Å². The summed E-state index contributed by atoms with van der Waals surface area (Å²) in [6.45, 7) is 4.71. The topological polar surface area (TPSA) is 23.5 Å². The molecule has 0 aromatic heterocycles. The molecular formula is C12H17Cl2NO. The molecule has 0 saturated heterocycles. The molecule has 0 aliphatic carbocycles. The monoisotopic (exact) mass is 261 g/mol. The first-order valence-electron chi connectivity index (χ1n) is 5.13. The van der Waals surface area contributed by atoms with Gasteiger partial charge in [-0.1, -0.05) is 23.2 Å². The molecule has 0 unspecified atom stereocenters. The van der Waals surface area contributed by atoms with Crippen molar-refractivity contribution in [3.63, 3.8) is 0 Å². The van der Waals surface area contributed by atoms with Crippen molar-refractivity contribution in [1.29, 1.82) is 0 Å². The molecule has 2 nitrogen and oxygen atoms in total. The number of aliphatic hydroxyl groups excluding tert-OH is 1. The molecule has 0 heterocycles. The summed E-state index contributed by atoms with van der Waals surface area (Å²) in [4.78, 5) is 2.05. The number of halogens is 2. The van der Waals surface area contributed by atoms with Crippen molar-refractivity contribution in [2.75, 3.05) is 13.7 Å². The largest absolute Gasteiger partial charge is 0.394 e. The number of aliphatic hydroxyl groups is 1. The number of hydrogen-bond donors (Lipinski definition) is 1. The molecule has 1 N–H and O–H groups in total. The van der Waals surface area contributed by atoms with E-state index in [0.29, 0.717) is 16.6 Å². The highest BCUT2D eigenvalue weighted by Gasteiger charge is 2.22. The summed E-state index contributed by atoms with van der Waals surface area (Å²) >= 11 is 12.0. The van der Waals surface area contributed by atoms with E-state index in [4.69, 9.17) is 23.2 Å². The number of benzene rings is 1. The van der Waals surface area contributed by atoms with Crippen molar-refractivity contribution >= 4 is 23.2 Å². The predicted molar refractivity (Wildman–Crippen MR) is 69.1 cm³/mol. The van der Waals surface area contributed by atoms with Crippen LogP contribution in [0.1, 0.15) is 19.4 Å². The van der Waals surface area contributed by atoms with E-state index in [1.54, 1.807) is 12.1 Å². The van der Waals surface area contributed by atoms with Crippen LogP contribution < -0.4 is 0 Å². The highest BCUT2D eigenvalue weighted by molar-refractivity contribution is 6.33. The van der Waals surface area contributed by atoms with E-state index in [-0.39, 0.29) is 12.1 Å². The molecule has 0 spiro atoms. The molecule has 0 radical (unpaired) electrons. The van der Waals surface area contributed by atoms with Gasteiger partial charge in [-0.3, -0.25) is 4.90 Å². The lowest BCUT2D eigenvalue weighted by molar-refractivity contribution is 0.0734. The van der Waals surface area contributed by atoms with Crippen molar-refractivity contribution in [3.05, 3.63) is 33.8 Å². The van der Waals surface area contributed by atoms with Crippen LogP contribution in [0.3, 0.4) is 0 Å². The lowest BCUT2D eigenvalue weighted by Gasteiger charge is -2.34. The van der Waals surface area contributed by atoms with E-state index < -0.39 is 0 Å². The zero-order valence-corrected chi connectivity index (χ0v) is 11.3. The highest BCUT2D eigenvalue weighted by Crippen LogP contribution is 2.24. The van der Waals surface area contributed by atoms with E-state index in [1.807, 2.05) is 31.9 Å². The fourth-order valence-electron chi connectivity index (χ4n) is 1.25. The van der Waals surface area contributed by atoms with Gasteiger partial charge in [-0.25, -0.2) is 0 Å². The Bertz CT molecular complexity index is 366. The highest BCUT2D eigenvalue weighted by atomic mass is 35.5. The van der Waals surface area contributed by atoms with Gasteiger partial charge in [0.15, 0.2) is 0 Å². The molecule has 16 heavy (non-hydrogen) atoms. The Kier molecular flexibility index (Phi) is 4.62. The Morgan fingerprint density at radius 1 is 1.31 bits per heavy atom. The second-order valence-corrected chi connectivity index (χ2v) is 5.41. The van der Waals surface area contributed by atoms with Crippen molar-refractivity contribution in [2.45, 2.75) is 25.9 Å². The van der Waals surface area contributed by atoms with Gasteiger partial charge in [0.05, 0.1) is 6.61 Å². The van der Waals surface area contributed by atoms with Crippen LogP contribution in [0.15, 0.2) is 18.2 Å². The molecule has 0 amide bonds. The van der Waals surface area contributed by atoms with Crippen LogP contribution in [0.25, 0.3) is 0 Å². The first-order valence-corrected chi connectivity index (χ1v) is 5.88. The van der Waals surface area contributed by atoms with Crippen LogP contribution in [-0.2, 0) is 6.54 Å². The van der Waals surface area contributed by atoms with Gasteiger partial charge in [-0.2, -0.15) is 0 Å². The van der Waals surface area contributed by atoms with E-state index in [0.717, 1.165) is 5.56 Å². The second-order valence-electron chi connectivity index (χ2n) is 4.56. The molecule has 0 bridgehead atoms. The van der Waals surface area contributed by atoms with Gasteiger partial charge in [0.25, 0.3) is 0 Å². The van der Waals surface area contributed by atoms with Crippen molar-refractivity contribution in [1.82, 2.24) is 4.90 Å². The smallest absolute Gasteiger partial charge is 0.0610 e. The third-order valence-corrected chi connectivity index (χ3v) is 3.44. The molecule has 0 saturated carbocycles.